The van der Waals surface area contributed by atoms with E-state index < -0.39 is 0 Å². The molecule has 0 radical (unpaired) electrons. The van der Waals surface area contributed by atoms with Crippen molar-refractivity contribution in [2.45, 2.75) is 0 Å². The molecule has 0 spiro atoms. The van der Waals surface area contributed by atoms with E-state index in [0.717, 1.165) is 243 Å². The summed E-state index contributed by atoms with van der Waals surface area (Å²) in [6.07, 6.45) is 11.0. The Morgan fingerprint density at radius 1 is 0.136 bits per heavy atom. The Hall–Kier alpha value is -16.2. The van der Waals surface area contributed by atoms with Gasteiger partial charge in [-0.1, -0.05) is 243 Å². The van der Waals surface area contributed by atoms with Gasteiger partial charge in [0.2, 0.25) is 0 Å². The van der Waals surface area contributed by atoms with Gasteiger partial charge in [-0.15, -0.1) is 0 Å². The lowest BCUT2D eigenvalue weighted by atomic mass is 9.93. The average molecular weight is 1500 g/mol. The topological polar surface area (TPSA) is 155 Å². The van der Waals surface area contributed by atoms with Crippen LogP contribution in [0.25, 0.3) is 243 Å². The molecular weight excluding hydrogens is 1440 g/mol. The van der Waals surface area contributed by atoms with Crippen molar-refractivity contribution in [2.24, 2.45) is 0 Å². The molecule has 0 saturated heterocycles. The molecule has 0 saturated carbocycles. The Morgan fingerprint density at radius 3 is 0.949 bits per heavy atom. The van der Waals surface area contributed by atoms with Gasteiger partial charge in [0.15, 0.2) is 0 Å². The Bertz CT molecular complexity index is 8280. The van der Waals surface area contributed by atoms with Gasteiger partial charge in [-0.3, -0.25) is 29.9 Å². The fraction of sp³-hybridized carbons (Fsp3) is 0. The van der Waals surface area contributed by atoms with Gasteiger partial charge in [0, 0.05) is 135 Å². The van der Waals surface area contributed by atoms with Crippen molar-refractivity contribution >= 4 is 142 Å². The van der Waals surface area contributed by atoms with Gasteiger partial charge in [0.1, 0.15) is 0 Å². The van der Waals surface area contributed by atoms with Crippen LogP contribution in [0.4, 0.5) is 0 Å². The van der Waals surface area contributed by atoms with Gasteiger partial charge in [-0.2, -0.15) is 0 Å². The van der Waals surface area contributed by atoms with Crippen LogP contribution in [-0.4, -0.2) is 59.8 Å². The van der Waals surface area contributed by atoms with Crippen molar-refractivity contribution in [3.05, 3.63) is 377 Å². The van der Waals surface area contributed by atoms with Crippen LogP contribution in [0.15, 0.2) is 377 Å². The third kappa shape index (κ3) is 11.8. The van der Waals surface area contributed by atoms with Crippen molar-refractivity contribution in [3.63, 3.8) is 0 Å². The number of aromatic nitrogens is 12. The maximum Gasteiger partial charge on any atom is 0.0972 e. The van der Waals surface area contributed by atoms with E-state index in [1.165, 1.54) is 0 Å². The van der Waals surface area contributed by atoms with E-state index in [0.29, 0.717) is 0 Å². The Labute approximate surface area is 675 Å². The summed E-state index contributed by atoms with van der Waals surface area (Å²) in [5.41, 5.74) is 29.3. The van der Waals surface area contributed by atoms with Gasteiger partial charge in [0.25, 0.3) is 0 Å². The SMILES string of the molecule is c1ccc(-c2ccc3ccc4ccc(-c5ccc(-c6ccc7ccc(-c8ccc9ccc(-c%10ccnc%11c%10ccc%10cccnc%10%11)nc9c8)nc7c6)c6ccccc56)nc4c3n2)cc1.c1cnc2c(c1)ccc1c(-c3ccc(-c4ccc5ccc(-c6ccc7ccc(-c8ccnc9c8ccc8cccnc89)nc7c6)nc5c4)cc3)ccnc12. The van der Waals surface area contributed by atoms with Gasteiger partial charge >= 0.3 is 0 Å². The third-order valence-electron chi connectivity index (χ3n) is 23.0. The highest BCUT2D eigenvalue weighted by Crippen LogP contribution is 2.42. The fourth-order valence-electron chi connectivity index (χ4n) is 17.0. The first-order valence-electron chi connectivity index (χ1n) is 39.3. The number of pyridine rings is 12. The van der Waals surface area contributed by atoms with E-state index >= 15 is 0 Å². The lowest BCUT2D eigenvalue weighted by molar-refractivity contribution is 1.35. The zero-order chi connectivity index (χ0) is 77.7. The Balaban J connectivity index is 0.000000140. The van der Waals surface area contributed by atoms with Gasteiger partial charge in [-0.25, -0.2) is 29.9 Å². The van der Waals surface area contributed by atoms with E-state index in [9.17, 15) is 0 Å². The first-order chi connectivity index (χ1) is 58.4. The molecule has 12 heterocycles. The monoisotopic (exact) mass is 1500 g/mol. The molecule has 12 nitrogen and oxygen atoms in total. The summed E-state index contributed by atoms with van der Waals surface area (Å²) >= 11 is 0. The summed E-state index contributed by atoms with van der Waals surface area (Å²) < 4.78 is 0. The normalized spacial score (nSPS) is 11.7. The second-order valence-corrected chi connectivity index (χ2v) is 29.9. The highest BCUT2D eigenvalue weighted by Gasteiger charge is 2.19. The molecule has 0 atom stereocenters. The van der Waals surface area contributed by atoms with Crippen molar-refractivity contribution in [1.29, 1.82) is 0 Å². The van der Waals surface area contributed by atoms with Crippen LogP contribution < -0.4 is 0 Å². The van der Waals surface area contributed by atoms with Crippen LogP contribution in [0.2, 0.25) is 0 Å². The second-order valence-electron chi connectivity index (χ2n) is 29.9. The zero-order valence-electron chi connectivity index (χ0n) is 63.2. The third-order valence-corrected chi connectivity index (χ3v) is 23.0. The highest BCUT2D eigenvalue weighted by molar-refractivity contribution is 6.13. The summed E-state index contributed by atoms with van der Waals surface area (Å²) in [6.45, 7) is 0. The minimum absolute atomic E-state index is 0.876. The van der Waals surface area contributed by atoms with Gasteiger partial charge in [-0.05, 0) is 141 Å². The van der Waals surface area contributed by atoms with Crippen molar-refractivity contribution in [2.75, 3.05) is 0 Å². The van der Waals surface area contributed by atoms with Crippen LogP contribution in [0, 0.1) is 0 Å². The molecule has 0 aliphatic carbocycles. The molecule has 12 aromatic carbocycles. The van der Waals surface area contributed by atoms with E-state index in [1.807, 2.05) is 85.7 Å². The molecule has 118 heavy (non-hydrogen) atoms. The minimum atomic E-state index is 0.876. The molecule has 24 rings (SSSR count). The molecule has 24 aromatic rings. The first kappa shape index (κ1) is 67.5. The van der Waals surface area contributed by atoms with Crippen LogP contribution in [0.3, 0.4) is 0 Å². The number of hydrogen-bond donors (Lipinski definition) is 0. The number of fused-ring (bicyclic) bond motifs is 17. The summed E-state index contributed by atoms with van der Waals surface area (Å²) in [5, 5.41) is 15.1. The minimum Gasteiger partial charge on any atom is -0.254 e. The van der Waals surface area contributed by atoms with Crippen LogP contribution in [0.5, 0.6) is 0 Å². The molecule has 0 unspecified atom stereocenters. The molecule has 0 bridgehead atoms. The number of benzene rings is 12. The maximum absolute atomic E-state index is 5.32. The lowest BCUT2D eigenvalue weighted by Gasteiger charge is -2.13. The smallest absolute Gasteiger partial charge is 0.0972 e. The summed E-state index contributed by atoms with van der Waals surface area (Å²) in [5.74, 6) is 0. The maximum atomic E-state index is 5.32. The lowest BCUT2D eigenvalue weighted by Crippen LogP contribution is -1.92. The van der Waals surface area contributed by atoms with Crippen molar-refractivity contribution in [3.8, 4) is 101 Å². The average Bonchev–Trinajstić information content (AvgIpc) is 0.764. The molecule has 546 valence electrons. The van der Waals surface area contributed by atoms with Gasteiger partial charge < -0.3 is 0 Å². The summed E-state index contributed by atoms with van der Waals surface area (Å²) in [7, 11) is 0. The molecule has 0 aliphatic rings. The van der Waals surface area contributed by atoms with Gasteiger partial charge in [0.05, 0.1) is 100 Å². The first-order valence-corrected chi connectivity index (χ1v) is 39.3. The largest absolute Gasteiger partial charge is 0.254 e. The van der Waals surface area contributed by atoms with Crippen molar-refractivity contribution < 1.29 is 0 Å². The molecule has 0 N–H and O–H groups in total. The molecule has 12 heteroatoms. The van der Waals surface area contributed by atoms with Crippen LogP contribution in [0.1, 0.15) is 0 Å². The Kier molecular flexibility index (Phi) is 16.0. The van der Waals surface area contributed by atoms with Crippen molar-refractivity contribution in [1.82, 2.24) is 59.8 Å². The van der Waals surface area contributed by atoms with E-state index in [2.05, 4.69) is 306 Å². The highest BCUT2D eigenvalue weighted by atomic mass is 14.8. The predicted octanol–water partition coefficient (Wildman–Crippen LogP) is 26.1. The fourth-order valence-corrected chi connectivity index (χ4v) is 17.0. The van der Waals surface area contributed by atoms with Crippen LogP contribution >= 0.6 is 0 Å². The predicted molar refractivity (Wildman–Crippen MR) is 483 cm³/mol. The second kappa shape index (κ2) is 27.9. The molecule has 0 aliphatic heterocycles. The zero-order valence-corrected chi connectivity index (χ0v) is 63.2. The molecule has 0 fully saturated rings. The molecular formula is C106H62N12. The summed E-state index contributed by atoms with van der Waals surface area (Å²) in [4.78, 5) is 59.2. The number of nitrogens with zero attached hydrogens (tertiary/aromatic N) is 12. The van der Waals surface area contributed by atoms with Crippen LogP contribution in [-0.2, 0) is 0 Å². The quantitative estimate of drug-likeness (QED) is 0.126. The standard InChI is InChI=1S/C58H34N6.C48H28N6/c1-2-7-35(8-3-1)49-27-21-39-14-15-40-22-29-52(64-57(40)56(39)63-49)46-25-24-43(44-10-4-5-11-45(44)46)41-16-12-36-19-26-50(61-53(36)33-41)42-17-13-37-20-28-51(62-54(37)34-42)47-30-32-60-58-48(47)23-18-38-9-6-31-59-55(38)58;1-3-33-13-17-39-37(21-25-51-47(39)45(33)49-23-1)30-7-5-29(6-8-30)35-11-9-31-15-19-41(53-43(31)27-35)36-12-10-32-16-20-42(54-44(32)28-36)38-22-26-52-48-40(38)18-14-34-4-2-24-50-46(34)48/h1-34H;1-28H. The molecule has 12 aromatic heterocycles. The molecule has 0 amide bonds. The summed E-state index contributed by atoms with van der Waals surface area (Å²) in [6, 6.07) is 119. The van der Waals surface area contributed by atoms with E-state index in [-0.39, 0.29) is 0 Å². The van der Waals surface area contributed by atoms with E-state index in [4.69, 9.17) is 44.9 Å². The Morgan fingerprint density at radius 2 is 0.441 bits per heavy atom. The number of hydrogen-bond acceptors (Lipinski definition) is 12. The van der Waals surface area contributed by atoms with E-state index in [1.54, 1.807) is 0 Å². The number of rotatable bonds is 9.